The standard InChI is InChI=1S/C18H26N4O2/c1-5-13(6-2)18(24)19-10-9-17-21-15-11-14(20-12(3)23)7-8-16(15)22(17)4/h7-8,11,13H,5-6,9-10H2,1-4H3,(H,19,24)(H,20,23). The van der Waals surface area contributed by atoms with Crippen molar-refractivity contribution >= 4 is 28.5 Å². The summed E-state index contributed by atoms with van der Waals surface area (Å²) in [6, 6.07) is 5.67. The molecule has 1 aromatic heterocycles. The maximum atomic E-state index is 12.0. The number of aryl methyl sites for hydroxylation is 1. The molecule has 0 aliphatic heterocycles. The minimum Gasteiger partial charge on any atom is -0.355 e. The molecule has 0 aliphatic rings. The maximum absolute atomic E-state index is 12.0. The van der Waals surface area contributed by atoms with Gasteiger partial charge in [0.2, 0.25) is 11.8 Å². The lowest BCUT2D eigenvalue weighted by molar-refractivity contribution is -0.125. The summed E-state index contributed by atoms with van der Waals surface area (Å²) in [6.45, 7) is 6.12. The molecular formula is C18H26N4O2. The number of aromatic nitrogens is 2. The van der Waals surface area contributed by atoms with Crippen molar-refractivity contribution in [2.24, 2.45) is 13.0 Å². The van der Waals surface area contributed by atoms with Gasteiger partial charge in [0.25, 0.3) is 0 Å². The van der Waals surface area contributed by atoms with E-state index in [2.05, 4.69) is 15.6 Å². The second kappa shape index (κ2) is 7.95. The number of nitrogens with zero attached hydrogens (tertiary/aromatic N) is 2. The summed E-state index contributed by atoms with van der Waals surface area (Å²) in [4.78, 5) is 27.8. The number of carbonyl (C=O) groups excluding carboxylic acids is 2. The van der Waals surface area contributed by atoms with Crippen LogP contribution in [0.5, 0.6) is 0 Å². The van der Waals surface area contributed by atoms with Crippen LogP contribution in [-0.2, 0) is 23.1 Å². The van der Waals surface area contributed by atoms with Gasteiger partial charge in [0, 0.05) is 38.5 Å². The lowest BCUT2D eigenvalue weighted by Crippen LogP contribution is -2.32. The van der Waals surface area contributed by atoms with E-state index in [4.69, 9.17) is 0 Å². The molecule has 0 fully saturated rings. The Bertz CT molecular complexity index is 732. The van der Waals surface area contributed by atoms with Crippen LogP contribution in [0.25, 0.3) is 11.0 Å². The average molecular weight is 330 g/mol. The summed E-state index contributed by atoms with van der Waals surface area (Å²) in [7, 11) is 1.96. The van der Waals surface area contributed by atoms with Crippen molar-refractivity contribution in [2.45, 2.75) is 40.0 Å². The van der Waals surface area contributed by atoms with Crippen LogP contribution >= 0.6 is 0 Å². The molecule has 24 heavy (non-hydrogen) atoms. The Balaban J connectivity index is 2.05. The maximum Gasteiger partial charge on any atom is 0.223 e. The van der Waals surface area contributed by atoms with E-state index in [1.807, 2.05) is 43.7 Å². The lowest BCUT2D eigenvalue weighted by atomic mass is 10.0. The van der Waals surface area contributed by atoms with Gasteiger partial charge in [-0.1, -0.05) is 13.8 Å². The number of nitrogens with one attached hydrogen (secondary N) is 2. The van der Waals surface area contributed by atoms with Crippen molar-refractivity contribution in [1.29, 1.82) is 0 Å². The van der Waals surface area contributed by atoms with E-state index in [1.165, 1.54) is 6.92 Å². The molecule has 0 saturated carbocycles. The van der Waals surface area contributed by atoms with E-state index in [9.17, 15) is 9.59 Å². The quantitative estimate of drug-likeness (QED) is 0.819. The van der Waals surface area contributed by atoms with Crippen molar-refractivity contribution in [3.63, 3.8) is 0 Å². The van der Waals surface area contributed by atoms with E-state index < -0.39 is 0 Å². The highest BCUT2D eigenvalue weighted by Gasteiger charge is 2.14. The number of benzene rings is 1. The minimum absolute atomic E-state index is 0.0886. The molecule has 2 N–H and O–H groups in total. The van der Waals surface area contributed by atoms with E-state index in [1.54, 1.807) is 0 Å². The van der Waals surface area contributed by atoms with Crippen LogP contribution in [0.2, 0.25) is 0 Å². The Labute approximate surface area is 142 Å². The summed E-state index contributed by atoms with van der Waals surface area (Å²) >= 11 is 0. The Morgan fingerprint density at radius 2 is 1.96 bits per heavy atom. The molecule has 2 rings (SSSR count). The number of rotatable bonds is 7. The first kappa shape index (κ1) is 18.0. The topological polar surface area (TPSA) is 76.0 Å². The number of fused-ring (bicyclic) bond motifs is 1. The summed E-state index contributed by atoms with van der Waals surface area (Å²) in [5.41, 5.74) is 2.58. The molecule has 0 atom stereocenters. The van der Waals surface area contributed by atoms with Crippen LogP contribution in [0.15, 0.2) is 18.2 Å². The number of hydrogen-bond donors (Lipinski definition) is 2. The lowest BCUT2D eigenvalue weighted by Gasteiger charge is -2.12. The number of hydrogen-bond acceptors (Lipinski definition) is 3. The fourth-order valence-corrected chi connectivity index (χ4v) is 2.86. The SMILES string of the molecule is CCC(CC)C(=O)NCCc1nc2cc(NC(C)=O)ccc2n1C. The first-order chi connectivity index (χ1) is 11.5. The van der Waals surface area contributed by atoms with Gasteiger partial charge in [-0.3, -0.25) is 9.59 Å². The Morgan fingerprint density at radius 1 is 1.25 bits per heavy atom. The number of imidazole rings is 1. The molecule has 0 radical (unpaired) electrons. The van der Waals surface area contributed by atoms with Crippen LogP contribution in [0.4, 0.5) is 5.69 Å². The molecule has 1 aromatic carbocycles. The second-order valence-corrected chi connectivity index (χ2v) is 6.03. The normalized spacial score (nSPS) is 11.0. The Morgan fingerprint density at radius 3 is 2.58 bits per heavy atom. The van der Waals surface area contributed by atoms with E-state index in [0.717, 1.165) is 35.4 Å². The predicted molar refractivity (Wildman–Crippen MR) is 95.8 cm³/mol. The summed E-state index contributed by atoms with van der Waals surface area (Å²) in [5, 5.41) is 5.76. The third-order valence-electron chi connectivity index (χ3n) is 4.30. The summed E-state index contributed by atoms with van der Waals surface area (Å²) < 4.78 is 2.02. The van der Waals surface area contributed by atoms with Gasteiger partial charge in [-0.25, -0.2) is 4.98 Å². The molecule has 130 valence electrons. The molecule has 1 heterocycles. The molecule has 2 amide bonds. The highest BCUT2D eigenvalue weighted by Crippen LogP contribution is 2.20. The third kappa shape index (κ3) is 4.13. The van der Waals surface area contributed by atoms with Gasteiger partial charge in [0.05, 0.1) is 11.0 Å². The Hall–Kier alpha value is -2.37. The molecule has 0 bridgehead atoms. The third-order valence-corrected chi connectivity index (χ3v) is 4.30. The van der Waals surface area contributed by atoms with Crippen molar-refractivity contribution in [2.75, 3.05) is 11.9 Å². The zero-order valence-electron chi connectivity index (χ0n) is 14.8. The van der Waals surface area contributed by atoms with Gasteiger partial charge in [-0.2, -0.15) is 0 Å². The molecule has 0 spiro atoms. The van der Waals surface area contributed by atoms with Crippen LogP contribution in [0, 0.1) is 5.92 Å². The van der Waals surface area contributed by atoms with Gasteiger partial charge in [0.15, 0.2) is 0 Å². The fraction of sp³-hybridized carbons (Fsp3) is 0.500. The van der Waals surface area contributed by atoms with E-state index >= 15 is 0 Å². The minimum atomic E-state index is -0.102. The Kier molecular flexibility index (Phi) is 5.95. The van der Waals surface area contributed by atoms with Gasteiger partial charge in [0.1, 0.15) is 5.82 Å². The van der Waals surface area contributed by atoms with Crippen molar-refractivity contribution < 1.29 is 9.59 Å². The van der Waals surface area contributed by atoms with Gasteiger partial charge >= 0.3 is 0 Å². The monoisotopic (exact) mass is 330 g/mol. The number of carbonyl (C=O) groups is 2. The molecule has 2 aromatic rings. The highest BCUT2D eigenvalue weighted by atomic mass is 16.2. The van der Waals surface area contributed by atoms with E-state index in [-0.39, 0.29) is 17.7 Å². The number of amides is 2. The molecular weight excluding hydrogens is 304 g/mol. The molecule has 0 aliphatic carbocycles. The van der Waals surface area contributed by atoms with Crippen molar-refractivity contribution in [3.8, 4) is 0 Å². The zero-order chi connectivity index (χ0) is 17.7. The molecule has 6 heteroatoms. The highest BCUT2D eigenvalue weighted by molar-refractivity contribution is 5.91. The fourth-order valence-electron chi connectivity index (χ4n) is 2.86. The zero-order valence-corrected chi connectivity index (χ0v) is 14.8. The van der Waals surface area contributed by atoms with Crippen molar-refractivity contribution in [3.05, 3.63) is 24.0 Å². The molecule has 0 unspecified atom stereocenters. The first-order valence-corrected chi connectivity index (χ1v) is 8.46. The molecule has 0 saturated heterocycles. The van der Waals surface area contributed by atoms with Gasteiger partial charge in [-0.15, -0.1) is 0 Å². The first-order valence-electron chi connectivity index (χ1n) is 8.46. The largest absolute Gasteiger partial charge is 0.355 e. The summed E-state index contributed by atoms with van der Waals surface area (Å²) in [6.07, 6.45) is 2.40. The average Bonchev–Trinajstić information content (AvgIpc) is 2.84. The smallest absolute Gasteiger partial charge is 0.223 e. The summed E-state index contributed by atoms with van der Waals surface area (Å²) in [5.74, 6) is 1.02. The second-order valence-electron chi connectivity index (χ2n) is 6.03. The predicted octanol–water partition coefficient (Wildman–Crippen LogP) is 2.63. The van der Waals surface area contributed by atoms with Crippen LogP contribution in [0.1, 0.15) is 39.4 Å². The van der Waals surface area contributed by atoms with Gasteiger partial charge in [-0.05, 0) is 31.0 Å². The molecule has 6 nitrogen and oxygen atoms in total. The van der Waals surface area contributed by atoms with Crippen LogP contribution in [-0.4, -0.2) is 27.9 Å². The van der Waals surface area contributed by atoms with E-state index in [0.29, 0.717) is 13.0 Å². The van der Waals surface area contributed by atoms with Crippen LogP contribution < -0.4 is 10.6 Å². The number of anilines is 1. The van der Waals surface area contributed by atoms with Crippen molar-refractivity contribution in [1.82, 2.24) is 14.9 Å². The van der Waals surface area contributed by atoms with Gasteiger partial charge < -0.3 is 15.2 Å². The van der Waals surface area contributed by atoms with Crippen LogP contribution in [0.3, 0.4) is 0 Å².